The third-order valence-corrected chi connectivity index (χ3v) is 3.60. The molecule has 6 heteroatoms. The van der Waals surface area contributed by atoms with Gasteiger partial charge in [-0.25, -0.2) is 4.79 Å². The van der Waals surface area contributed by atoms with E-state index in [1.807, 2.05) is 0 Å². The van der Waals surface area contributed by atoms with Crippen LogP contribution in [0.4, 0.5) is 11.4 Å². The molecule has 21 heavy (non-hydrogen) atoms. The molecule has 1 aliphatic rings. The summed E-state index contributed by atoms with van der Waals surface area (Å²) in [5, 5.41) is 10.7. The van der Waals surface area contributed by atoms with E-state index < -0.39 is 10.9 Å². The molecule has 1 fully saturated rings. The predicted octanol–water partition coefficient (Wildman–Crippen LogP) is 2.68. The van der Waals surface area contributed by atoms with Gasteiger partial charge in [0.05, 0.1) is 11.0 Å². The molecule has 0 radical (unpaired) electrons. The zero-order chi connectivity index (χ0) is 15.2. The van der Waals surface area contributed by atoms with Crippen LogP contribution < -0.4 is 4.90 Å². The molecule has 1 atom stereocenters. The van der Waals surface area contributed by atoms with Crippen LogP contribution in [0, 0.1) is 10.1 Å². The van der Waals surface area contributed by atoms with Gasteiger partial charge in [0.1, 0.15) is 6.61 Å². The fraction of sp³-hybridized carbons (Fsp3) is 0.400. The number of nitrogens with zero attached hydrogens (tertiary/aromatic N) is 2. The first-order chi connectivity index (χ1) is 10.1. The summed E-state index contributed by atoms with van der Waals surface area (Å²) in [4.78, 5) is 23.6. The first kappa shape index (κ1) is 15.0. The minimum Gasteiger partial charge on any atom is -0.460 e. The van der Waals surface area contributed by atoms with Crippen LogP contribution in [0.1, 0.15) is 19.3 Å². The Morgan fingerprint density at radius 1 is 1.43 bits per heavy atom. The number of hydrogen-bond acceptors (Lipinski definition) is 5. The third-order valence-electron chi connectivity index (χ3n) is 3.60. The van der Waals surface area contributed by atoms with Crippen LogP contribution in [0.15, 0.2) is 36.9 Å². The largest absolute Gasteiger partial charge is 0.460 e. The Balaban J connectivity index is 2.08. The van der Waals surface area contributed by atoms with Crippen molar-refractivity contribution in [1.29, 1.82) is 0 Å². The Bertz CT molecular complexity index is 527. The van der Waals surface area contributed by atoms with E-state index >= 15 is 0 Å². The van der Waals surface area contributed by atoms with E-state index in [1.54, 1.807) is 12.1 Å². The maximum absolute atomic E-state index is 11.2. The molecule has 112 valence electrons. The number of hydrogen-bond donors (Lipinski definition) is 0. The van der Waals surface area contributed by atoms with Crippen molar-refractivity contribution < 1.29 is 14.5 Å². The first-order valence-corrected chi connectivity index (χ1v) is 6.92. The zero-order valence-corrected chi connectivity index (χ0v) is 11.7. The second kappa shape index (κ2) is 6.88. The monoisotopic (exact) mass is 290 g/mol. The van der Waals surface area contributed by atoms with Crippen LogP contribution in [0.3, 0.4) is 0 Å². The van der Waals surface area contributed by atoms with Crippen molar-refractivity contribution in [2.24, 2.45) is 0 Å². The lowest BCUT2D eigenvalue weighted by Crippen LogP contribution is -2.42. The maximum Gasteiger partial charge on any atom is 0.330 e. The molecule has 0 saturated carbocycles. The minimum absolute atomic E-state index is 0.0744. The molecule has 0 aromatic heterocycles. The van der Waals surface area contributed by atoms with Crippen molar-refractivity contribution in [3.05, 3.63) is 47.0 Å². The number of non-ortho nitro benzene ring substituents is 1. The van der Waals surface area contributed by atoms with Crippen molar-refractivity contribution in [3.63, 3.8) is 0 Å². The molecule has 0 N–H and O–H groups in total. The van der Waals surface area contributed by atoms with Crippen LogP contribution in [-0.4, -0.2) is 30.1 Å². The molecule has 0 spiro atoms. The minimum atomic E-state index is -0.427. The molecule has 1 aromatic rings. The molecule has 0 amide bonds. The highest BCUT2D eigenvalue weighted by Gasteiger charge is 2.24. The van der Waals surface area contributed by atoms with Crippen molar-refractivity contribution in [2.45, 2.75) is 25.3 Å². The van der Waals surface area contributed by atoms with Gasteiger partial charge in [-0.1, -0.05) is 6.58 Å². The zero-order valence-electron chi connectivity index (χ0n) is 11.7. The number of carbonyl (C=O) groups is 1. The maximum atomic E-state index is 11.2. The average molecular weight is 290 g/mol. The number of nitro groups is 1. The number of benzene rings is 1. The molecule has 1 heterocycles. The molecule has 1 unspecified atom stereocenters. The first-order valence-electron chi connectivity index (χ1n) is 6.92. The van der Waals surface area contributed by atoms with Gasteiger partial charge in [-0.15, -0.1) is 0 Å². The summed E-state index contributed by atoms with van der Waals surface area (Å²) in [7, 11) is 0. The number of nitro benzene ring substituents is 1. The van der Waals surface area contributed by atoms with E-state index in [0.29, 0.717) is 6.61 Å². The van der Waals surface area contributed by atoms with Gasteiger partial charge in [0.15, 0.2) is 0 Å². The van der Waals surface area contributed by atoms with Gasteiger partial charge < -0.3 is 9.64 Å². The van der Waals surface area contributed by atoms with E-state index in [-0.39, 0.29) is 11.7 Å². The third kappa shape index (κ3) is 3.81. The predicted molar refractivity (Wildman–Crippen MR) is 79.2 cm³/mol. The van der Waals surface area contributed by atoms with Crippen molar-refractivity contribution in [2.75, 3.05) is 18.1 Å². The number of anilines is 1. The number of rotatable bonds is 5. The fourth-order valence-corrected chi connectivity index (χ4v) is 2.52. The van der Waals surface area contributed by atoms with Crippen LogP contribution in [0.2, 0.25) is 0 Å². The lowest BCUT2D eigenvalue weighted by molar-refractivity contribution is -0.384. The van der Waals surface area contributed by atoms with Gasteiger partial charge in [0, 0.05) is 30.4 Å². The van der Waals surface area contributed by atoms with Gasteiger partial charge in [-0.2, -0.15) is 0 Å². The highest BCUT2D eigenvalue weighted by molar-refractivity contribution is 5.81. The van der Waals surface area contributed by atoms with E-state index in [0.717, 1.165) is 37.6 Å². The number of esters is 1. The van der Waals surface area contributed by atoms with Crippen LogP contribution >= 0.6 is 0 Å². The van der Waals surface area contributed by atoms with Gasteiger partial charge in [0.25, 0.3) is 5.69 Å². The number of piperidine rings is 1. The topological polar surface area (TPSA) is 72.7 Å². The molecular formula is C15H18N2O4. The molecule has 2 rings (SSSR count). The normalized spacial score (nSPS) is 18.1. The fourth-order valence-electron chi connectivity index (χ4n) is 2.52. The second-order valence-electron chi connectivity index (χ2n) is 4.95. The van der Waals surface area contributed by atoms with Gasteiger partial charge in [-0.05, 0) is 31.4 Å². The quantitative estimate of drug-likeness (QED) is 0.361. The van der Waals surface area contributed by atoms with Crippen LogP contribution in [-0.2, 0) is 9.53 Å². The summed E-state index contributed by atoms with van der Waals surface area (Å²) in [6.45, 7) is 4.54. The van der Waals surface area contributed by atoms with Crippen molar-refractivity contribution in [1.82, 2.24) is 0 Å². The molecule has 1 saturated heterocycles. The Hall–Kier alpha value is -2.37. The van der Waals surface area contributed by atoms with Gasteiger partial charge in [0.2, 0.25) is 0 Å². The van der Waals surface area contributed by atoms with Crippen molar-refractivity contribution >= 4 is 17.3 Å². The SMILES string of the molecule is C=CC(=O)OCC1CCCCN1c1ccc([N+](=O)[O-])cc1. The Kier molecular flexibility index (Phi) is 4.92. The average Bonchev–Trinajstić information content (AvgIpc) is 2.53. The molecule has 6 nitrogen and oxygen atoms in total. The summed E-state index contributed by atoms with van der Waals surface area (Å²) in [6, 6.07) is 6.58. The second-order valence-corrected chi connectivity index (χ2v) is 4.95. The summed E-state index contributed by atoms with van der Waals surface area (Å²) in [6.07, 6.45) is 4.23. The van der Waals surface area contributed by atoms with Gasteiger partial charge in [-0.3, -0.25) is 10.1 Å². The standard InChI is InChI=1S/C15H18N2O4/c1-2-15(18)21-11-14-5-3-4-10-16(14)12-6-8-13(9-7-12)17(19)20/h2,6-9,14H,1,3-5,10-11H2. The van der Waals surface area contributed by atoms with E-state index in [4.69, 9.17) is 4.74 Å². The molecule has 1 aromatic carbocycles. The molecular weight excluding hydrogens is 272 g/mol. The summed E-state index contributed by atoms with van der Waals surface area (Å²) >= 11 is 0. The smallest absolute Gasteiger partial charge is 0.330 e. The highest BCUT2D eigenvalue weighted by atomic mass is 16.6. The van der Waals surface area contributed by atoms with E-state index in [1.165, 1.54) is 12.1 Å². The van der Waals surface area contributed by atoms with E-state index in [9.17, 15) is 14.9 Å². The lowest BCUT2D eigenvalue weighted by Gasteiger charge is -2.37. The van der Waals surface area contributed by atoms with Crippen LogP contribution in [0.5, 0.6) is 0 Å². The number of carbonyl (C=O) groups excluding carboxylic acids is 1. The molecule has 1 aliphatic heterocycles. The Morgan fingerprint density at radius 3 is 2.76 bits per heavy atom. The van der Waals surface area contributed by atoms with E-state index in [2.05, 4.69) is 11.5 Å². The molecule has 0 aliphatic carbocycles. The summed E-state index contributed by atoms with van der Waals surface area (Å²) < 4.78 is 5.14. The van der Waals surface area contributed by atoms with Crippen molar-refractivity contribution in [3.8, 4) is 0 Å². The molecule has 0 bridgehead atoms. The Morgan fingerprint density at radius 2 is 2.14 bits per heavy atom. The Labute approximate surface area is 123 Å². The van der Waals surface area contributed by atoms with Crippen LogP contribution in [0.25, 0.3) is 0 Å². The summed E-state index contributed by atoms with van der Waals surface area (Å²) in [5.74, 6) is -0.427. The number of ether oxygens (including phenoxy) is 1. The summed E-state index contributed by atoms with van der Waals surface area (Å²) in [5.41, 5.74) is 0.991. The van der Waals surface area contributed by atoms with Gasteiger partial charge >= 0.3 is 5.97 Å². The lowest BCUT2D eigenvalue weighted by atomic mass is 10.0. The highest BCUT2D eigenvalue weighted by Crippen LogP contribution is 2.26.